The zero-order valence-electron chi connectivity index (χ0n) is 17.5. The average molecular weight is 421 g/mol. The van der Waals surface area contributed by atoms with Crippen LogP contribution in [0.4, 0.5) is 5.88 Å². The van der Waals surface area contributed by atoms with E-state index in [4.69, 9.17) is 13.7 Å². The molecule has 5 rings (SSSR count). The summed E-state index contributed by atoms with van der Waals surface area (Å²) in [4.78, 5) is 17.4. The molecular weight excluding hydrogens is 394 g/mol. The maximum Gasteiger partial charge on any atom is 0.289 e. The first-order valence-electron chi connectivity index (χ1n) is 11.0. The van der Waals surface area contributed by atoms with Gasteiger partial charge in [-0.05, 0) is 37.8 Å². The summed E-state index contributed by atoms with van der Waals surface area (Å²) in [7, 11) is 0. The van der Waals surface area contributed by atoms with Crippen LogP contribution in [-0.2, 0) is 11.3 Å². The summed E-state index contributed by atoms with van der Waals surface area (Å²) in [5, 5.41) is 4.43. The SMILES string of the molecule is O=C(c1ccco1)N(Cc1c(-c2ccccc2)noc1N1CCCC1)C[C@H]1CCCO1. The highest BCUT2D eigenvalue weighted by Crippen LogP contribution is 2.34. The molecule has 4 heterocycles. The molecular formula is C24H27N3O4. The minimum atomic E-state index is -0.145. The zero-order valence-corrected chi connectivity index (χ0v) is 17.5. The van der Waals surface area contributed by atoms with Crippen molar-refractivity contribution >= 4 is 11.8 Å². The maximum absolute atomic E-state index is 13.3. The fraction of sp³-hybridized carbons (Fsp3) is 0.417. The molecule has 1 aromatic carbocycles. The summed E-state index contributed by atoms with van der Waals surface area (Å²) in [6.45, 7) is 3.52. The van der Waals surface area contributed by atoms with Crippen molar-refractivity contribution in [2.45, 2.75) is 38.3 Å². The van der Waals surface area contributed by atoms with Crippen molar-refractivity contribution in [3.63, 3.8) is 0 Å². The Morgan fingerprint density at radius 1 is 1.10 bits per heavy atom. The molecule has 0 N–H and O–H groups in total. The minimum absolute atomic E-state index is 0.0363. The smallest absolute Gasteiger partial charge is 0.289 e. The molecule has 2 aliphatic heterocycles. The Labute approximate surface area is 181 Å². The molecule has 31 heavy (non-hydrogen) atoms. The molecule has 162 valence electrons. The lowest BCUT2D eigenvalue weighted by molar-refractivity contribution is 0.0484. The summed E-state index contributed by atoms with van der Waals surface area (Å²) in [6.07, 6.45) is 5.80. The monoisotopic (exact) mass is 421 g/mol. The van der Waals surface area contributed by atoms with Gasteiger partial charge in [-0.1, -0.05) is 35.5 Å². The number of hydrogen-bond acceptors (Lipinski definition) is 6. The number of carbonyl (C=O) groups is 1. The van der Waals surface area contributed by atoms with Crippen LogP contribution in [0.3, 0.4) is 0 Å². The van der Waals surface area contributed by atoms with Gasteiger partial charge in [0.2, 0.25) is 5.88 Å². The first-order valence-corrected chi connectivity index (χ1v) is 11.0. The van der Waals surface area contributed by atoms with Crippen LogP contribution in [0.15, 0.2) is 57.7 Å². The van der Waals surface area contributed by atoms with Gasteiger partial charge in [0.15, 0.2) is 5.76 Å². The fourth-order valence-corrected chi connectivity index (χ4v) is 4.43. The molecule has 0 bridgehead atoms. The molecule has 2 aromatic heterocycles. The number of rotatable bonds is 7. The van der Waals surface area contributed by atoms with Gasteiger partial charge < -0.3 is 23.5 Å². The van der Waals surface area contributed by atoms with Gasteiger partial charge in [-0.25, -0.2) is 0 Å². The molecule has 2 aliphatic rings. The minimum Gasteiger partial charge on any atom is -0.459 e. The number of aromatic nitrogens is 1. The van der Waals surface area contributed by atoms with Gasteiger partial charge in [0, 0.05) is 31.8 Å². The molecule has 3 aromatic rings. The van der Waals surface area contributed by atoms with Crippen LogP contribution >= 0.6 is 0 Å². The summed E-state index contributed by atoms with van der Waals surface area (Å²) in [6, 6.07) is 13.4. The Kier molecular flexibility index (Phi) is 5.76. The van der Waals surface area contributed by atoms with Crippen LogP contribution in [-0.4, -0.2) is 48.3 Å². The zero-order chi connectivity index (χ0) is 21.0. The topological polar surface area (TPSA) is 72.0 Å². The van der Waals surface area contributed by atoms with Gasteiger partial charge in [-0.3, -0.25) is 4.79 Å². The molecule has 2 saturated heterocycles. The highest BCUT2D eigenvalue weighted by molar-refractivity contribution is 5.91. The van der Waals surface area contributed by atoms with Crippen LogP contribution in [0.5, 0.6) is 0 Å². The van der Waals surface area contributed by atoms with Gasteiger partial charge in [-0.2, -0.15) is 0 Å². The number of furan rings is 1. The third-order valence-corrected chi connectivity index (χ3v) is 6.02. The van der Waals surface area contributed by atoms with E-state index >= 15 is 0 Å². The second-order valence-corrected chi connectivity index (χ2v) is 8.17. The molecule has 7 nitrogen and oxygen atoms in total. The first kappa shape index (κ1) is 19.9. The average Bonchev–Trinajstić information content (AvgIpc) is 3.61. The van der Waals surface area contributed by atoms with E-state index in [0.717, 1.165) is 68.1 Å². The first-order chi connectivity index (χ1) is 15.3. The van der Waals surface area contributed by atoms with Crippen molar-refractivity contribution in [1.29, 1.82) is 0 Å². The molecule has 1 amide bonds. The van der Waals surface area contributed by atoms with Crippen molar-refractivity contribution in [3.05, 3.63) is 60.1 Å². The number of nitrogens with zero attached hydrogens (tertiary/aromatic N) is 3. The summed E-state index contributed by atoms with van der Waals surface area (Å²) in [5.74, 6) is 0.951. The number of anilines is 1. The van der Waals surface area contributed by atoms with Gasteiger partial charge in [0.25, 0.3) is 5.91 Å². The normalized spacial score (nSPS) is 18.6. The second-order valence-electron chi connectivity index (χ2n) is 8.17. The molecule has 0 saturated carbocycles. The number of ether oxygens (including phenoxy) is 1. The van der Waals surface area contributed by atoms with E-state index < -0.39 is 0 Å². The van der Waals surface area contributed by atoms with Gasteiger partial charge >= 0.3 is 0 Å². The Bertz CT molecular complexity index is 987. The molecule has 7 heteroatoms. The highest BCUT2D eigenvalue weighted by atomic mass is 16.5. The lowest BCUT2D eigenvalue weighted by Gasteiger charge is -2.26. The van der Waals surface area contributed by atoms with E-state index in [1.807, 2.05) is 35.2 Å². The van der Waals surface area contributed by atoms with E-state index in [-0.39, 0.29) is 12.0 Å². The molecule has 0 unspecified atom stereocenters. The fourth-order valence-electron chi connectivity index (χ4n) is 4.43. The molecule has 0 aliphatic carbocycles. The Morgan fingerprint density at radius 2 is 1.94 bits per heavy atom. The molecule has 1 atom stereocenters. The number of amides is 1. The number of hydrogen-bond donors (Lipinski definition) is 0. The third kappa shape index (κ3) is 4.23. The summed E-state index contributed by atoms with van der Waals surface area (Å²) >= 11 is 0. The van der Waals surface area contributed by atoms with Crippen molar-refractivity contribution in [2.75, 3.05) is 31.1 Å². The lowest BCUT2D eigenvalue weighted by Crippen LogP contribution is -2.37. The van der Waals surface area contributed by atoms with E-state index in [2.05, 4.69) is 10.1 Å². The van der Waals surface area contributed by atoms with E-state index in [1.54, 1.807) is 12.1 Å². The van der Waals surface area contributed by atoms with Gasteiger partial charge in [0.1, 0.15) is 5.69 Å². The predicted molar refractivity (Wildman–Crippen MR) is 116 cm³/mol. The van der Waals surface area contributed by atoms with Crippen LogP contribution in [0.2, 0.25) is 0 Å². The van der Waals surface area contributed by atoms with Crippen LogP contribution in [0.25, 0.3) is 11.3 Å². The summed E-state index contributed by atoms with van der Waals surface area (Å²) in [5.41, 5.74) is 2.70. The Hall–Kier alpha value is -3.06. The Morgan fingerprint density at radius 3 is 2.65 bits per heavy atom. The van der Waals surface area contributed by atoms with Crippen molar-refractivity contribution < 1.29 is 18.5 Å². The van der Waals surface area contributed by atoms with E-state index in [1.165, 1.54) is 6.26 Å². The van der Waals surface area contributed by atoms with Crippen molar-refractivity contribution in [1.82, 2.24) is 10.1 Å². The van der Waals surface area contributed by atoms with Crippen LogP contribution in [0, 0.1) is 0 Å². The number of carbonyl (C=O) groups excluding carboxylic acids is 1. The number of benzene rings is 1. The van der Waals surface area contributed by atoms with Gasteiger partial charge in [0.05, 0.1) is 24.5 Å². The van der Waals surface area contributed by atoms with Crippen LogP contribution < -0.4 is 4.90 Å². The van der Waals surface area contributed by atoms with E-state index in [9.17, 15) is 4.79 Å². The van der Waals surface area contributed by atoms with Gasteiger partial charge in [-0.15, -0.1) is 0 Å². The lowest BCUT2D eigenvalue weighted by atomic mass is 10.1. The molecule has 2 fully saturated rings. The predicted octanol–water partition coefficient (Wildman–Crippen LogP) is 4.36. The Balaban J connectivity index is 1.50. The molecule has 0 radical (unpaired) electrons. The van der Waals surface area contributed by atoms with Crippen molar-refractivity contribution in [2.24, 2.45) is 0 Å². The van der Waals surface area contributed by atoms with E-state index in [0.29, 0.717) is 18.8 Å². The van der Waals surface area contributed by atoms with Crippen LogP contribution in [0.1, 0.15) is 41.8 Å². The largest absolute Gasteiger partial charge is 0.459 e. The molecule has 0 spiro atoms. The summed E-state index contributed by atoms with van der Waals surface area (Å²) < 4.78 is 17.1. The standard InChI is InChI=1S/C24H27N3O4/c28-23(21-11-7-15-30-21)27(16-19-10-6-14-29-19)17-20-22(18-8-2-1-3-9-18)25-31-24(20)26-12-4-5-13-26/h1-3,7-9,11,15,19H,4-6,10,12-14,16-17H2/t19-/m1/s1. The quantitative estimate of drug-likeness (QED) is 0.565. The second kappa shape index (κ2) is 8.98. The highest BCUT2D eigenvalue weighted by Gasteiger charge is 2.30. The third-order valence-electron chi connectivity index (χ3n) is 6.02. The van der Waals surface area contributed by atoms with Crippen molar-refractivity contribution in [3.8, 4) is 11.3 Å². The maximum atomic E-state index is 13.3.